The van der Waals surface area contributed by atoms with E-state index < -0.39 is 0 Å². The molecule has 0 bridgehead atoms. The highest BCUT2D eigenvalue weighted by Gasteiger charge is 2.04. The summed E-state index contributed by atoms with van der Waals surface area (Å²) in [5.41, 5.74) is 0.648. The second kappa shape index (κ2) is 6.91. The Morgan fingerprint density at radius 3 is 2.41 bits per heavy atom. The molecule has 0 aliphatic rings. The molecule has 0 unspecified atom stereocenters. The van der Waals surface area contributed by atoms with Crippen molar-refractivity contribution in [2.45, 2.75) is 19.9 Å². The molecule has 17 heavy (non-hydrogen) atoms. The van der Waals surface area contributed by atoms with Gasteiger partial charge in [-0.1, -0.05) is 13.8 Å². The van der Waals surface area contributed by atoms with Gasteiger partial charge in [-0.05, 0) is 24.3 Å². The first-order chi connectivity index (χ1) is 8.13. The van der Waals surface area contributed by atoms with Gasteiger partial charge in [-0.2, -0.15) is 0 Å². The van der Waals surface area contributed by atoms with Crippen molar-refractivity contribution in [3.8, 4) is 5.75 Å². The number of ether oxygens (including phenoxy) is 1. The molecule has 2 N–H and O–H groups in total. The first-order valence-electron chi connectivity index (χ1n) is 5.79. The fraction of sp³-hybridized carbons (Fsp3) is 0.462. The van der Waals surface area contributed by atoms with Crippen molar-refractivity contribution in [3.05, 3.63) is 29.8 Å². The number of carbonyl (C=O) groups excluding carboxylic acids is 1. The molecule has 0 aliphatic heterocycles. The molecule has 0 radical (unpaired) electrons. The van der Waals surface area contributed by atoms with Crippen LogP contribution in [0.1, 0.15) is 24.2 Å². The van der Waals surface area contributed by atoms with Gasteiger partial charge in [-0.25, -0.2) is 0 Å². The van der Waals surface area contributed by atoms with E-state index in [-0.39, 0.29) is 5.91 Å². The van der Waals surface area contributed by atoms with Gasteiger partial charge in [0.1, 0.15) is 5.75 Å². The summed E-state index contributed by atoms with van der Waals surface area (Å²) >= 11 is 0. The number of benzene rings is 1. The van der Waals surface area contributed by atoms with Gasteiger partial charge in [-0.15, -0.1) is 0 Å². The molecule has 1 aromatic carbocycles. The highest BCUT2D eigenvalue weighted by atomic mass is 16.5. The van der Waals surface area contributed by atoms with Crippen LogP contribution in [0, 0.1) is 0 Å². The van der Waals surface area contributed by atoms with Gasteiger partial charge in [0.25, 0.3) is 5.91 Å². The number of rotatable bonds is 6. The van der Waals surface area contributed by atoms with Gasteiger partial charge in [-0.3, -0.25) is 4.79 Å². The zero-order chi connectivity index (χ0) is 12.7. The van der Waals surface area contributed by atoms with Crippen molar-refractivity contribution in [2.75, 3.05) is 20.2 Å². The van der Waals surface area contributed by atoms with Crippen LogP contribution < -0.4 is 15.4 Å². The summed E-state index contributed by atoms with van der Waals surface area (Å²) < 4.78 is 5.03. The number of methoxy groups -OCH3 is 1. The lowest BCUT2D eigenvalue weighted by atomic mass is 10.2. The van der Waals surface area contributed by atoms with E-state index in [9.17, 15) is 4.79 Å². The Labute approximate surface area is 102 Å². The lowest BCUT2D eigenvalue weighted by molar-refractivity contribution is 0.0953. The summed E-state index contributed by atoms with van der Waals surface area (Å²) in [5.74, 6) is 0.696. The zero-order valence-corrected chi connectivity index (χ0v) is 10.6. The molecule has 94 valence electrons. The predicted octanol–water partition coefficient (Wildman–Crippen LogP) is 1.42. The van der Waals surface area contributed by atoms with E-state index in [0.717, 1.165) is 12.3 Å². The van der Waals surface area contributed by atoms with Gasteiger partial charge in [0.15, 0.2) is 0 Å². The average molecular weight is 236 g/mol. The summed E-state index contributed by atoms with van der Waals surface area (Å²) in [6.45, 7) is 5.55. The predicted molar refractivity (Wildman–Crippen MR) is 68.5 cm³/mol. The third kappa shape index (κ3) is 4.87. The van der Waals surface area contributed by atoms with Gasteiger partial charge < -0.3 is 15.4 Å². The Morgan fingerprint density at radius 2 is 1.88 bits per heavy atom. The largest absolute Gasteiger partial charge is 0.497 e. The minimum atomic E-state index is -0.0572. The molecule has 1 rings (SSSR count). The minimum Gasteiger partial charge on any atom is -0.497 e. The van der Waals surface area contributed by atoms with Crippen molar-refractivity contribution >= 4 is 5.91 Å². The summed E-state index contributed by atoms with van der Waals surface area (Å²) in [6.07, 6.45) is 0. The number of hydrogen-bond acceptors (Lipinski definition) is 3. The number of carbonyl (C=O) groups is 1. The highest BCUT2D eigenvalue weighted by molar-refractivity contribution is 5.94. The highest BCUT2D eigenvalue weighted by Crippen LogP contribution is 2.10. The normalized spacial score (nSPS) is 10.4. The Morgan fingerprint density at radius 1 is 1.24 bits per heavy atom. The van der Waals surface area contributed by atoms with Crippen LogP contribution in [0.15, 0.2) is 24.3 Å². The monoisotopic (exact) mass is 236 g/mol. The topological polar surface area (TPSA) is 50.4 Å². The van der Waals surface area contributed by atoms with Crippen LogP contribution in [-0.4, -0.2) is 32.1 Å². The van der Waals surface area contributed by atoms with E-state index in [1.165, 1.54) is 0 Å². The number of hydrogen-bond donors (Lipinski definition) is 2. The molecule has 0 aliphatic carbocycles. The molecule has 0 heterocycles. The lowest BCUT2D eigenvalue weighted by Gasteiger charge is -2.09. The van der Waals surface area contributed by atoms with Crippen molar-refractivity contribution in [3.63, 3.8) is 0 Å². The smallest absolute Gasteiger partial charge is 0.251 e. The van der Waals surface area contributed by atoms with Crippen LogP contribution in [0.3, 0.4) is 0 Å². The molecular formula is C13H20N2O2. The van der Waals surface area contributed by atoms with Gasteiger partial charge >= 0.3 is 0 Å². The van der Waals surface area contributed by atoms with Crippen LogP contribution in [0.5, 0.6) is 5.75 Å². The summed E-state index contributed by atoms with van der Waals surface area (Å²) in [4.78, 5) is 11.7. The van der Waals surface area contributed by atoms with E-state index in [1.807, 2.05) is 0 Å². The SMILES string of the molecule is COc1ccc(C(=O)NCCNC(C)C)cc1. The first-order valence-corrected chi connectivity index (χ1v) is 5.79. The van der Waals surface area contributed by atoms with Crippen LogP contribution in [-0.2, 0) is 0 Å². The maximum atomic E-state index is 11.7. The minimum absolute atomic E-state index is 0.0572. The Bertz CT molecular complexity index is 347. The zero-order valence-electron chi connectivity index (χ0n) is 10.6. The second-order valence-corrected chi connectivity index (χ2v) is 4.09. The third-order valence-electron chi connectivity index (χ3n) is 2.32. The lowest BCUT2D eigenvalue weighted by Crippen LogP contribution is -2.34. The van der Waals surface area contributed by atoms with E-state index in [0.29, 0.717) is 18.2 Å². The number of amides is 1. The van der Waals surface area contributed by atoms with Crippen molar-refractivity contribution in [2.24, 2.45) is 0 Å². The van der Waals surface area contributed by atoms with E-state index >= 15 is 0 Å². The van der Waals surface area contributed by atoms with Crippen molar-refractivity contribution in [1.82, 2.24) is 10.6 Å². The molecule has 0 atom stereocenters. The third-order valence-corrected chi connectivity index (χ3v) is 2.32. The van der Waals surface area contributed by atoms with Crippen molar-refractivity contribution in [1.29, 1.82) is 0 Å². The molecule has 1 amide bonds. The fourth-order valence-electron chi connectivity index (χ4n) is 1.38. The summed E-state index contributed by atoms with van der Waals surface area (Å²) in [5, 5.41) is 6.09. The molecule has 0 saturated heterocycles. The van der Waals surface area contributed by atoms with Gasteiger partial charge in [0.2, 0.25) is 0 Å². The first kappa shape index (κ1) is 13.5. The molecule has 0 spiro atoms. The average Bonchev–Trinajstić information content (AvgIpc) is 2.34. The Hall–Kier alpha value is -1.55. The van der Waals surface area contributed by atoms with Crippen molar-refractivity contribution < 1.29 is 9.53 Å². The Kier molecular flexibility index (Phi) is 5.49. The van der Waals surface area contributed by atoms with E-state index in [4.69, 9.17) is 4.74 Å². The maximum absolute atomic E-state index is 11.7. The molecule has 4 nitrogen and oxygen atoms in total. The van der Waals surface area contributed by atoms with Crippen LogP contribution in [0.25, 0.3) is 0 Å². The molecule has 0 saturated carbocycles. The van der Waals surface area contributed by atoms with E-state index in [1.54, 1.807) is 31.4 Å². The fourth-order valence-corrected chi connectivity index (χ4v) is 1.38. The molecule has 0 fully saturated rings. The molecular weight excluding hydrogens is 216 g/mol. The second-order valence-electron chi connectivity index (χ2n) is 4.09. The van der Waals surface area contributed by atoms with Gasteiger partial charge in [0.05, 0.1) is 7.11 Å². The molecule has 1 aromatic rings. The van der Waals surface area contributed by atoms with Crippen LogP contribution in [0.4, 0.5) is 0 Å². The maximum Gasteiger partial charge on any atom is 0.251 e. The van der Waals surface area contributed by atoms with Crippen LogP contribution >= 0.6 is 0 Å². The number of nitrogens with one attached hydrogen (secondary N) is 2. The molecule has 0 aromatic heterocycles. The summed E-state index contributed by atoms with van der Waals surface area (Å²) in [6, 6.07) is 7.50. The molecule has 4 heteroatoms. The quantitative estimate of drug-likeness (QED) is 0.734. The summed E-state index contributed by atoms with van der Waals surface area (Å²) in [7, 11) is 1.60. The van der Waals surface area contributed by atoms with Crippen LogP contribution in [0.2, 0.25) is 0 Å². The Balaban J connectivity index is 2.36. The standard InChI is InChI=1S/C13H20N2O2/c1-10(2)14-8-9-15-13(16)11-4-6-12(17-3)7-5-11/h4-7,10,14H,8-9H2,1-3H3,(H,15,16). The van der Waals surface area contributed by atoms with E-state index in [2.05, 4.69) is 24.5 Å². The van der Waals surface area contributed by atoms with Gasteiger partial charge in [0, 0.05) is 24.7 Å².